The van der Waals surface area contributed by atoms with Gasteiger partial charge >= 0.3 is 0 Å². The highest BCUT2D eigenvalue weighted by Crippen LogP contribution is 2.20. The van der Waals surface area contributed by atoms with Crippen LogP contribution in [0.25, 0.3) is 0 Å². The van der Waals surface area contributed by atoms with E-state index in [2.05, 4.69) is 31.0 Å². The third kappa shape index (κ3) is 5.27. The molecule has 1 fully saturated rings. The van der Waals surface area contributed by atoms with Crippen molar-refractivity contribution < 1.29 is 0 Å². The average molecular weight is 184 g/mol. The summed E-state index contributed by atoms with van der Waals surface area (Å²) in [4.78, 5) is 2.57. The van der Waals surface area contributed by atoms with Gasteiger partial charge in [0.2, 0.25) is 0 Å². The minimum Gasteiger partial charge on any atom is -0.314 e. The van der Waals surface area contributed by atoms with E-state index in [1.165, 1.54) is 45.6 Å². The van der Waals surface area contributed by atoms with Crippen LogP contribution in [-0.2, 0) is 0 Å². The second-order valence-corrected chi connectivity index (χ2v) is 5.26. The van der Waals surface area contributed by atoms with Crippen molar-refractivity contribution in [3.8, 4) is 0 Å². The standard InChI is InChI=1S/C11H24N2/c1-11(2,3)5-4-8-13-9-6-12-7-10-13/h12H,4-10H2,1-3H3. The van der Waals surface area contributed by atoms with Crippen LogP contribution in [0.2, 0.25) is 0 Å². The first kappa shape index (κ1) is 11.0. The zero-order valence-corrected chi connectivity index (χ0v) is 9.40. The lowest BCUT2D eigenvalue weighted by atomic mass is 9.90. The van der Waals surface area contributed by atoms with Crippen LogP contribution in [0.3, 0.4) is 0 Å². The molecule has 2 nitrogen and oxygen atoms in total. The van der Waals surface area contributed by atoms with Gasteiger partial charge in [0.05, 0.1) is 0 Å². The molecule has 0 aromatic rings. The monoisotopic (exact) mass is 184 g/mol. The second kappa shape index (κ2) is 4.97. The predicted octanol–water partition coefficient (Wildman–Crippen LogP) is 1.72. The summed E-state index contributed by atoms with van der Waals surface area (Å²) in [6, 6.07) is 0. The van der Waals surface area contributed by atoms with E-state index in [1.54, 1.807) is 0 Å². The summed E-state index contributed by atoms with van der Waals surface area (Å²) >= 11 is 0. The van der Waals surface area contributed by atoms with Gasteiger partial charge in [-0.1, -0.05) is 20.8 Å². The van der Waals surface area contributed by atoms with E-state index in [4.69, 9.17) is 0 Å². The van der Waals surface area contributed by atoms with E-state index >= 15 is 0 Å². The second-order valence-electron chi connectivity index (χ2n) is 5.26. The molecule has 1 saturated heterocycles. The van der Waals surface area contributed by atoms with Crippen molar-refractivity contribution in [2.45, 2.75) is 33.6 Å². The fraction of sp³-hybridized carbons (Fsp3) is 1.00. The first-order valence-electron chi connectivity index (χ1n) is 5.51. The molecular weight excluding hydrogens is 160 g/mol. The Labute approximate surface area is 82.7 Å². The first-order chi connectivity index (χ1) is 6.08. The molecule has 0 bridgehead atoms. The summed E-state index contributed by atoms with van der Waals surface area (Å²) in [5.74, 6) is 0. The van der Waals surface area contributed by atoms with Crippen LogP contribution < -0.4 is 5.32 Å². The molecule has 0 spiro atoms. The number of hydrogen-bond acceptors (Lipinski definition) is 2. The quantitative estimate of drug-likeness (QED) is 0.718. The predicted molar refractivity (Wildman–Crippen MR) is 58.0 cm³/mol. The van der Waals surface area contributed by atoms with Crippen LogP contribution in [0.4, 0.5) is 0 Å². The summed E-state index contributed by atoms with van der Waals surface area (Å²) in [5, 5.41) is 3.38. The minimum atomic E-state index is 0.508. The van der Waals surface area contributed by atoms with Gasteiger partial charge in [-0.3, -0.25) is 0 Å². The maximum atomic E-state index is 3.38. The van der Waals surface area contributed by atoms with Gasteiger partial charge in [0.25, 0.3) is 0 Å². The van der Waals surface area contributed by atoms with Crippen molar-refractivity contribution in [3.05, 3.63) is 0 Å². The third-order valence-corrected chi connectivity index (χ3v) is 2.61. The van der Waals surface area contributed by atoms with E-state index < -0.39 is 0 Å². The van der Waals surface area contributed by atoms with Gasteiger partial charge in [0.15, 0.2) is 0 Å². The van der Waals surface area contributed by atoms with Gasteiger partial charge in [-0.15, -0.1) is 0 Å². The van der Waals surface area contributed by atoms with Gasteiger partial charge in [0.1, 0.15) is 0 Å². The van der Waals surface area contributed by atoms with Crippen LogP contribution in [0, 0.1) is 5.41 Å². The summed E-state index contributed by atoms with van der Waals surface area (Å²) in [6.45, 7) is 13.1. The largest absolute Gasteiger partial charge is 0.314 e. The molecule has 78 valence electrons. The molecule has 0 unspecified atom stereocenters. The van der Waals surface area contributed by atoms with Crippen molar-refractivity contribution in [1.82, 2.24) is 10.2 Å². The lowest BCUT2D eigenvalue weighted by Crippen LogP contribution is -2.43. The van der Waals surface area contributed by atoms with E-state index in [0.29, 0.717) is 5.41 Å². The van der Waals surface area contributed by atoms with Gasteiger partial charge in [0, 0.05) is 26.2 Å². The van der Waals surface area contributed by atoms with Crippen LogP contribution in [0.15, 0.2) is 0 Å². The molecule has 0 atom stereocenters. The molecule has 0 aliphatic carbocycles. The van der Waals surface area contributed by atoms with Crippen molar-refractivity contribution >= 4 is 0 Å². The Morgan fingerprint density at radius 1 is 1.15 bits per heavy atom. The molecular formula is C11H24N2. The maximum Gasteiger partial charge on any atom is 0.0107 e. The molecule has 13 heavy (non-hydrogen) atoms. The Morgan fingerprint density at radius 2 is 1.77 bits per heavy atom. The first-order valence-corrected chi connectivity index (χ1v) is 5.51. The Balaban J connectivity index is 2.04. The number of nitrogens with zero attached hydrogens (tertiary/aromatic N) is 1. The van der Waals surface area contributed by atoms with Crippen LogP contribution in [0.1, 0.15) is 33.6 Å². The zero-order valence-electron chi connectivity index (χ0n) is 9.40. The highest BCUT2D eigenvalue weighted by molar-refractivity contribution is 4.69. The summed E-state index contributed by atoms with van der Waals surface area (Å²) < 4.78 is 0. The van der Waals surface area contributed by atoms with Gasteiger partial charge in [-0.25, -0.2) is 0 Å². The number of piperazine rings is 1. The molecule has 0 aromatic carbocycles. The van der Waals surface area contributed by atoms with Crippen molar-refractivity contribution in [2.75, 3.05) is 32.7 Å². The molecule has 0 saturated carbocycles. The lowest BCUT2D eigenvalue weighted by molar-refractivity contribution is 0.223. The molecule has 2 heteroatoms. The molecule has 1 aliphatic rings. The molecule has 0 aromatic heterocycles. The third-order valence-electron chi connectivity index (χ3n) is 2.61. The number of hydrogen-bond donors (Lipinski definition) is 1. The fourth-order valence-electron chi connectivity index (χ4n) is 1.77. The van der Waals surface area contributed by atoms with E-state index in [1.807, 2.05) is 0 Å². The highest BCUT2D eigenvalue weighted by atomic mass is 15.2. The van der Waals surface area contributed by atoms with E-state index in [-0.39, 0.29) is 0 Å². The van der Waals surface area contributed by atoms with Crippen LogP contribution >= 0.6 is 0 Å². The summed E-state index contributed by atoms with van der Waals surface area (Å²) in [7, 11) is 0. The van der Waals surface area contributed by atoms with Crippen LogP contribution in [0.5, 0.6) is 0 Å². The summed E-state index contributed by atoms with van der Waals surface area (Å²) in [6.07, 6.45) is 2.69. The minimum absolute atomic E-state index is 0.508. The number of rotatable bonds is 3. The number of nitrogens with one attached hydrogen (secondary N) is 1. The molecule has 1 heterocycles. The van der Waals surface area contributed by atoms with E-state index in [9.17, 15) is 0 Å². The molecule has 1 rings (SSSR count). The Morgan fingerprint density at radius 3 is 2.31 bits per heavy atom. The Kier molecular flexibility index (Phi) is 4.20. The van der Waals surface area contributed by atoms with Gasteiger partial charge in [-0.2, -0.15) is 0 Å². The molecule has 1 N–H and O–H groups in total. The van der Waals surface area contributed by atoms with E-state index in [0.717, 1.165) is 0 Å². The Hall–Kier alpha value is -0.0800. The molecule has 1 aliphatic heterocycles. The van der Waals surface area contributed by atoms with Crippen LogP contribution in [-0.4, -0.2) is 37.6 Å². The fourth-order valence-corrected chi connectivity index (χ4v) is 1.77. The Bertz CT molecular complexity index is 132. The van der Waals surface area contributed by atoms with Crippen molar-refractivity contribution in [2.24, 2.45) is 5.41 Å². The molecule has 0 radical (unpaired) electrons. The van der Waals surface area contributed by atoms with Gasteiger partial charge in [-0.05, 0) is 24.8 Å². The normalized spacial score (nSPS) is 20.5. The maximum absolute atomic E-state index is 3.38. The van der Waals surface area contributed by atoms with Crippen molar-refractivity contribution in [1.29, 1.82) is 0 Å². The highest BCUT2D eigenvalue weighted by Gasteiger charge is 2.12. The lowest BCUT2D eigenvalue weighted by Gasteiger charge is -2.28. The zero-order chi connectivity index (χ0) is 9.73. The summed E-state index contributed by atoms with van der Waals surface area (Å²) in [5.41, 5.74) is 0.508. The SMILES string of the molecule is CC(C)(C)CCCN1CCNCC1. The average Bonchev–Trinajstić information content (AvgIpc) is 2.04. The molecule has 0 amide bonds. The van der Waals surface area contributed by atoms with Crippen molar-refractivity contribution in [3.63, 3.8) is 0 Å². The topological polar surface area (TPSA) is 15.3 Å². The smallest absolute Gasteiger partial charge is 0.0107 e. The van der Waals surface area contributed by atoms with Gasteiger partial charge < -0.3 is 10.2 Å².